The zero-order valence-electron chi connectivity index (χ0n) is 7.12. The minimum atomic E-state index is -0.865. The van der Waals surface area contributed by atoms with Crippen LogP contribution in [0.15, 0.2) is 28.7 Å². The van der Waals surface area contributed by atoms with E-state index in [1.165, 1.54) is 0 Å². The van der Waals surface area contributed by atoms with Crippen LogP contribution in [0, 0.1) is 0 Å². The number of carboxylic acids is 1. The van der Waals surface area contributed by atoms with Gasteiger partial charge in [-0.15, -0.1) is 0 Å². The van der Waals surface area contributed by atoms with E-state index in [0.717, 1.165) is 10.2 Å². The van der Waals surface area contributed by atoms with Gasteiger partial charge in [-0.3, -0.25) is 4.79 Å². The van der Waals surface area contributed by atoms with E-state index in [1.807, 2.05) is 24.3 Å². The number of halogens is 1. The van der Waals surface area contributed by atoms with Gasteiger partial charge in [-0.2, -0.15) is 0 Å². The summed E-state index contributed by atoms with van der Waals surface area (Å²) in [7, 11) is 0. The second-order valence-corrected chi connectivity index (χ2v) is 3.54. The van der Waals surface area contributed by atoms with Gasteiger partial charge in [0.2, 0.25) is 0 Å². The number of benzene rings is 1. The fourth-order valence-corrected chi connectivity index (χ4v) is 1.27. The highest BCUT2D eigenvalue weighted by atomic mass is 79.9. The Morgan fingerprint density at radius 2 is 2.15 bits per heavy atom. The highest BCUT2D eigenvalue weighted by Gasteiger charge is 2.10. The molecule has 0 saturated carbocycles. The first-order valence-corrected chi connectivity index (χ1v) is 4.64. The molecule has 0 fully saturated rings. The molecule has 1 aromatic rings. The van der Waals surface area contributed by atoms with Gasteiger partial charge in [0.1, 0.15) is 6.04 Å². The Balaban J connectivity index is 2.74. The molecule has 0 aliphatic heterocycles. The normalized spacial score (nSPS) is 12.2. The molecule has 4 heteroatoms. The lowest BCUT2D eigenvalue weighted by molar-refractivity contribution is -0.137. The Bertz CT molecular complexity index is 314. The predicted octanol–water partition coefficient (Wildman–Crippen LogP) is 2.33. The number of aliphatic carboxylic acids is 1. The molecule has 0 spiro atoms. The zero-order valence-corrected chi connectivity index (χ0v) is 8.71. The highest BCUT2D eigenvalue weighted by Crippen LogP contribution is 2.21. The minimum Gasteiger partial charge on any atom is -0.480 e. The van der Waals surface area contributed by atoms with E-state index >= 15 is 0 Å². The molecule has 0 amide bonds. The average Bonchev–Trinajstić information content (AvgIpc) is 2.08. The van der Waals surface area contributed by atoms with Crippen LogP contribution in [-0.2, 0) is 4.79 Å². The number of hydrogen-bond acceptors (Lipinski definition) is 2. The Morgan fingerprint density at radius 1 is 1.54 bits per heavy atom. The van der Waals surface area contributed by atoms with Crippen molar-refractivity contribution >= 4 is 27.6 Å². The molecular weight excluding hydrogens is 234 g/mol. The van der Waals surface area contributed by atoms with Crippen molar-refractivity contribution < 1.29 is 9.90 Å². The van der Waals surface area contributed by atoms with Gasteiger partial charge in [-0.05, 0) is 35.0 Å². The molecule has 0 bridgehead atoms. The first-order valence-electron chi connectivity index (χ1n) is 3.85. The minimum absolute atomic E-state index is 0.585. The molecule has 70 valence electrons. The number of hydrogen-bond donors (Lipinski definition) is 2. The standard InChI is InChI=1S/C9H10BrNO2/c1-6(9(12)13)11-8-5-3-2-4-7(8)10/h2-6,11H,1H3,(H,12,13). The molecule has 13 heavy (non-hydrogen) atoms. The monoisotopic (exact) mass is 243 g/mol. The Hall–Kier alpha value is -1.03. The Labute approximate surface area is 84.9 Å². The molecular formula is C9H10BrNO2. The van der Waals surface area contributed by atoms with E-state index in [2.05, 4.69) is 21.2 Å². The van der Waals surface area contributed by atoms with Crippen LogP contribution in [0.5, 0.6) is 0 Å². The smallest absolute Gasteiger partial charge is 0.325 e. The number of rotatable bonds is 3. The lowest BCUT2D eigenvalue weighted by atomic mass is 10.3. The summed E-state index contributed by atoms with van der Waals surface area (Å²) in [6.45, 7) is 1.60. The molecule has 1 atom stereocenters. The molecule has 0 aliphatic rings. The fourth-order valence-electron chi connectivity index (χ4n) is 0.873. The summed E-state index contributed by atoms with van der Waals surface area (Å²) < 4.78 is 0.864. The molecule has 2 N–H and O–H groups in total. The Morgan fingerprint density at radius 3 is 2.69 bits per heavy atom. The van der Waals surface area contributed by atoms with E-state index < -0.39 is 12.0 Å². The molecule has 0 heterocycles. The van der Waals surface area contributed by atoms with Gasteiger partial charge in [-0.1, -0.05) is 12.1 Å². The number of para-hydroxylation sites is 1. The van der Waals surface area contributed by atoms with Crippen molar-refractivity contribution in [3.63, 3.8) is 0 Å². The van der Waals surface area contributed by atoms with Gasteiger partial charge in [0.05, 0.1) is 0 Å². The maximum Gasteiger partial charge on any atom is 0.325 e. The van der Waals surface area contributed by atoms with Gasteiger partial charge < -0.3 is 10.4 Å². The van der Waals surface area contributed by atoms with Crippen LogP contribution in [0.25, 0.3) is 0 Å². The summed E-state index contributed by atoms with van der Waals surface area (Å²) >= 11 is 3.32. The summed E-state index contributed by atoms with van der Waals surface area (Å²) in [6.07, 6.45) is 0. The van der Waals surface area contributed by atoms with Crippen LogP contribution in [0.2, 0.25) is 0 Å². The summed E-state index contributed by atoms with van der Waals surface area (Å²) in [4.78, 5) is 10.5. The maximum atomic E-state index is 10.5. The first-order chi connectivity index (χ1) is 6.11. The molecule has 1 unspecified atom stereocenters. The fraction of sp³-hybridized carbons (Fsp3) is 0.222. The van der Waals surface area contributed by atoms with Crippen molar-refractivity contribution in [3.05, 3.63) is 28.7 Å². The second-order valence-electron chi connectivity index (χ2n) is 2.68. The number of nitrogens with one attached hydrogen (secondary N) is 1. The molecule has 0 saturated heterocycles. The number of anilines is 1. The van der Waals surface area contributed by atoms with E-state index in [-0.39, 0.29) is 0 Å². The van der Waals surface area contributed by atoms with E-state index in [1.54, 1.807) is 6.92 Å². The van der Waals surface area contributed by atoms with Gasteiger partial charge in [0, 0.05) is 10.2 Å². The van der Waals surface area contributed by atoms with Crippen LogP contribution >= 0.6 is 15.9 Å². The van der Waals surface area contributed by atoms with E-state index in [4.69, 9.17) is 5.11 Å². The molecule has 1 aromatic carbocycles. The highest BCUT2D eigenvalue weighted by molar-refractivity contribution is 9.10. The number of carbonyl (C=O) groups is 1. The molecule has 1 rings (SSSR count). The SMILES string of the molecule is CC(Nc1ccccc1Br)C(=O)O. The van der Waals surface area contributed by atoms with Crippen LogP contribution in [-0.4, -0.2) is 17.1 Å². The van der Waals surface area contributed by atoms with E-state index in [9.17, 15) is 4.79 Å². The van der Waals surface area contributed by atoms with Crippen molar-refractivity contribution in [3.8, 4) is 0 Å². The predicted molar refractivity (Wildman–Crippen MR) is 54.9 cm³/mol. The summed E-state index contributed by atoms with van der Waals surface area (Å²) in [5, 5.41) is 11.5. The van der Waals surface area contributed by atoms with Gasteiger partial charge >= 0.3 is 5.97 Å². The lowest BCUT2D eigenvalue weighted by Crippen LogP contribution is -2.25. The van der Waals surface area contributed by atoms with Crippen LogP contribution < -0.4 is 5.32 Å². The molecule has 0 aromatic heterocycles. The summed E-state index contributed by atoms with van der Waals surface area (Å²) in [5.41, 5.74) is 0.789. The quantitative estimate of drug-likeness (QED) is 0.857. The third kappa shape index (κ3) is 2.73. The van der Waals surface area contributed by atoms with Gasteiger partial charge in [0.25, 0.3) is 0 Å². The van der Waals surface area contributed by atoms with Gasteiger partial charge in [-0.25, -0.2) is 0 Å². The molecule has 3 nitrogen and oxygen atoms in total. The van der Waals surface area contributed by atoms with Crippen molar-refractivity contribution in [2.45, 2.75) is 13.0 Å². The molecule has 0 aliphatic carbocycles. The van der Waals surface area contributed by atoms with E-state index in [0.29, 0.717) is 0 Å². The topological polar surface area (TPSA) is 49.3 Å². The second kappa shape index (κ2) is 4.28. The van der Waals surface area contributed by atoms with Crippen LogP contribution in [0.4, 0.5) is 5.69 Å². The zero-order chi connectivity index (χ0) is 9.84. The summed E-state index contributed by atoms with van der Waals surface area (Å²) in [6, 6.07) is 6.82. The largest absolute Gasteiger partial charge is 0.480 e. The molecule has 0 radical (unpaired) electrons. The average molecular weight is 244 g/mol. The van der Waals surface area contributed by atoms with Crippen LogP contribution in [0.1, 0.15) is 6.92 Å². The van der Waals surface area contributed by atoms with Crippen molar-refractivity contribution in [2.75, 3.05) is 5.32 Å². The Kier molecular flexibility index (Phi) is 3.31. The third-order valence-corrected chi connectivity index (χ3v) is 2.31. The van der Waals surface area contributed by atoms with Crippen molar-refractivity contribution in [1.82, 2.24) is 0 Å². The van der Waals surface area contributed by atoms with Gasteiger partial charge in [0.15, 0.2) is 0 Å². The van der Waals surface area contributed by atoms with Crippen LogP contribution in [0.3, 0.4) is 0 Å². The van der Waals surface area contributed by atoms with Crippen molar-refractivity contribution in [1.29, 1.82) is 0 Å². The first kappa shape index (κ1) is 10.1. The number of carboxylic acid groups (broad SMARTS) is 1. The summed E-state index contributed by atoms with van der Waals surface area (Å²) in [5.74, 6) is -0.865. The third-order valence-electron chi connectivity index (χ3n) is 1.62. The van der Waals surface area contributed by atoms with Crippen molar-refractivity contribution in [2.24, 2.45) is 0 Å². The maximum absolute atomic E-state index is 10.5. The lowest BCUT2D eigenvalue weighted by Gasteiger charge is -2.11.